The van der Waals surface area contributed by atoms with Crippen molar-refractivity contribution < 1.29 is 310 Å². The quantitative estimate of drug-likeness (QED) is 0.0602. The Labute approximate surface area is 496 Å². The van der Waals surface area contributed by atoms with E-state index in [1.807, 2.05) is 10.6 Å². The summed E-state index contributed by atoms with van der Waals surface area (Å²) < 4.78 is 236. The van der Waals surface area contributed by atoms with Crippen molar-refractivity contribution in [1.82, 2.24) is 10.6 Å². The van der Waals surface area contributed by atoms with Gasteiger partial charge in [0.1, 0.15) is 48.7 Å². The van der Waals surface area contributed by atoms with E-state index in [0.717, 1.165) is 24.3 Å². The zero-order valence-corrected chi connectivity index (χ0v) is 50.2. The molecule has 0 aliphatic carbocycles. The Hall–Kier alpha value is 3.22. The van der Waals surface area contributed by atoms with Crippen LogP contribution >= 0.6 is 0 Å². The molecule has 2 aliphatic heterocycles. The third-order valence-corrected chi connectivity index (χ3v) is 9.69. The molecular formula is C20H22N2Na6O30S6. The fraction of sp³-hybridized carbons (Fsp3) is 0.600. The predicted octanol–water partition coefficient (Wildman–Crippen LogP) is -26.3. The van der Waals surface area contributed by atoms with E-state index in [2.05, 4.69) is 25.1 Å². The number of nitrogens with one attached hydrogen (secondary N) is 2. The third-order valence-electron chi connectivity index (χ3n) is 7.01. The van der Waals surface area contributed by atoms with Crippen LogP contribution in [0, 0.1) is 0 Å². The average molecular weight is 1100 g/mol. The molecule has 0 spiro atoms. The van der Waals surface area contributed by atoms with Crippen molar-refractivity contribution in [2.24, 2.45) is 0 Å². The van der Waals surface area contributed by atoms with Crippen molar-refractivity contribution in [3.05, 3.63) is 35.4 Å². The third kappa shape index (κ3) is 26.3. The standard InChI is InChI=1S/C20H28N2O30S6.6Na/c23-17(21-11-15(51-57(39,40)41)13(49-55(33,34)35)9(47-19(11)25)5-45-53(27,28)29)7-1-2-8(4-3-7)18(24)22-12-16(52-58(42,43)44)14(50-56(36,37)38)10(48-20(12)26)6-46-54(30,31)32;;;;;;/h1-4,9-16,19-20,25-26H,5-6H2,(H,21,23)(H,22,24)(H,27,28,29)(H,30,31,32)(H,33,34,35)(H,36,37,38)(H,39,40,41)(H,42,43,44);;;;;;/q;6*+1/p-6/t9-,10-,11-,12-,13-,14-,15-,16-,19?,20?;;;;;;/m1....../s1. The van der Waals surface area contributed by atoms with Crippen molar-refractivity contribution >= 4 is 74.2 Å². The Kier molecular flexibility index (Phi) is 34.3. The first-order valence-electron chi connectivity index (χ1n) is 14.3. The van der Waals surface area contributed by atoms with Crippen LogP contribution in [-0.4, -0.2) is 174 Å². The van der Waals surface area contributed by atoms with Crippen LogP contribution in [-0.2, 0) is 97.0 Å². The van der Waals surface area contributed by atoms with Crippen LogP contribution in [0.2, 0.25) is 0 Å². The largest absolute Gasteiger partial charge is 1.00 e. The molecule has 0 saturated carbocycles. The molecule has 2 aliphatic rings. The summed E-state index contributed by atoms with van der Waals surface area (Å²) in [5, 5.41) is 24.5. The Balaban J connectivity index is -0.00000300. The molecule has 4 N–H and O–H groups in total. The minimum absolute atomic E-state index is 0. The van der Waals surface area contributed by atoms with Crippen molar-refractivity contribution in [1.29, 1.82) is 0 Å². The molecule has 0 bridgehead atoms. The van der Waals surface area contributed by atoms with E-state index in [9.17, 15) is 97.6 Å². The fourth-order valence-electron chi connectivity index (χ4n) is 4.96. The first-order valence-corrected chi connectivity index (χ1v) is 22.3. The maximum Gasteiger partial charge on any atom is 1.00 e. The number of hydrogen-bond acceptors (Lipinski definition) is 30. The Bertz CT molecular complexity index is 2200. The second-order valence-electron chi connectivity index (χ2n) is 11.0. The van der Waals surface area contributed by atoms with Crippen molar-refractivity contribution in [2.45, 2.75) is 61.3 Å². The van der Waals surface area contributed by atoms with Crippen molar-refractivity contribution in [2.75, 3.05) is 13.2 Å². The van der Waals surface area contributed by atoms with Crippen LogP contribution in [0.3, 0.4) is 0 Å². The van der Waals surface area contributed by atoms with Gasteiger partial charge in [-0.15, -0.1) is 0 Å². The molecule has 32 nitrogen and oxygen atoms in total. The number of hydrogen-bond donors (Lipinski definition) is 4. The van der Waals surface area contributed by atoms with E-state index in [-0.39, 0.29) is 177 Å². The Morgan fingerprint density at radius 1 is 0.469 bits per heavy atom. The molecule has 0 aromatic heterocycles. The van der Waals surface area contributed by atoms with Gasteiger partial charge in [0, 0.05) is 11.1 Å². The molecule has 2 saturated heterocycles. The first-order chi connectivity index (χ1) is 26.1. The number of aliphatic hydroxyl groups is 2. The molecule has 1 aromatic carbocycles. The molecule has 334 valence electrons. The van der Waals surface area contributed by atoms with Crippen LogP contribution in [0.1, 0.15) is 20.7 Å². The summed E-state index contributed by atoms with van der Waals surface area (Å²) in [7, 11) is -35.2. The van der Waals surface area contributed by atoms with Crippen molar-refractivity contribution in [3.8, 4) is 0 Å². The Morgan fingerprint density at radius 3 is 0.922 bits per heavy atom. The molecule has 2 amide bonds. The fourth-order valence-corrected chi connectivity index (χ4v) is 7.58. The average Bonchev–Trinajstić information content (AvgIpc) is 3.02. The summed E-state index contributed by atoms with van der Waals surface area (Å²) in [6, 6.07) is -1.95. The number of amides is 2. The number of ether oxygens (including phenoxy) is 2. The van der Waals surface area contributed by atoms with E-state index in [0.29, 0.717) is 0 Å². The molecule has 44 heteroatoms. The second kappa shape index (κ2) is 29.8. The second-order valence-corrected chi connectivity index (χ2v) is 17.1. The molecule has 64 heavy (non-hydrogen) atoms. The maximum atomic E-state index is 13.1. The van der Waals surface area contributed by atoms with E-state index in [4.69, 9.17) is 9.47 Å². The van der Waals surface area contributed by atoms with Gasteiger partial charge in [-0.2, -0.15) is 0 Å². The number of rotatable bonds is 18. The molecule has 2 unspecified atom stereocenters. The van der Waals surface area contributed by atoms with Gasteiger partial charge in [0.15, 0.2) is 12.6 Å². The molecule has 2 heterocycles. The van der Waals surface area contributed by atoms with Crippen LogP contribution in [0.15, 0.2) is 24.3 Å². The summed E-state index contributed by atoms with van der Waals surface area (Å²) in [5.74, 6) is -2.90. The zero-order valence-electron chi connectivity index (χ0n) is 33.3. The van der Waals surface area contributed by atoms with Crippen molar-refractivity contribution in [3.63, 3.8) is 0 Å². The minimum Gasteiger partial charge on any atom is -0.726 e. The van der Waals surface area contributed by atoms with E-state index in [1.165, 1.54) is 0 Å². The van der Waals surface area contributed by atoms with Gasteiger partial charge in [0.05, 0.1) is 13.2 Å². The molecule has 0 radical (unpaired) electrons. The number of benzene rings is 1. The summed E-state index contributed by atoms with van der Waals surface area (Å²) >= 11 is 0. The molecule has 10 atom stereocenters. The SMILES string of the molecule is O=C(N[C@H]1C(O)O[C@H](COS(=O)(=O)[O-])[C@@H](OS(=O)(=O)[O-])[C@@H]1OS(=O)(=O)[O-])c1ccc(C(=O)N[C@H]2C(O)O[C@H](COS(=O)(=O)[O-])[C@@H](OS(=O)(=O)[O-])[C@@H]2OS(=O)(=O)[O-])cc1.[Na+].[Na+].[Na+].[Na+].[Na+].[Na+]. The van der Waals surface area contributed by atoms with E-state index in [1.54, 1.807) is 0 Å². The smallest absolute Gasteiger partial charge is 0.726 e. The van der Waals surface area contributed by atoms with Gasteiger partial charge in [0.25, 0.3) is 11.8 Å². The van der Waals surface area contributed by atoms with Gasteiger partial charge < -0.3 is 57.6 Å². The first kappa shape index (κ1) is 73.8. The summed E-state index contributed by atoms with van der Waals surface area (Å²) in [4.78, 5) is 26.2. The normalized spacial score (nSPS) is 26.3. The van der Waals surface area contributed by atoms with E-state index >= 15 is 0 Å². The molecule has 2 fully saturated rings. The molecular weight excluding hydrogens is 1080 g/mol. The van der Waals surface area contributed by atoms with Gasteiger partial charge in [0.2, 0.25) is 62.4 Å². The van der Waals surface area contributed by atoms with Gasteiger partial charge in [-0.1, -0.05) is 0 Å². The van der Waals surface area contributed by atoms with E-state index < -0.39 is 160 Å². The van der Waals surface area contributed by atoms with Crippen LogP contribution in [0.4, 0.5) is 0 Å². The van der Waals surface area contributed by atoms with Gasteiger partial charge in [-0.25, -0.2) is 50.5 Å². The number of aliphatic hydroxyl groups excluding tert-OH is 2. The summed E-state index contributed by atoms with van der Waals surface area (Å²) in [6.07, 6.45) is -21.1. The van der Waals surface area contributed by atoms with Gasteiger partial charge >= 0.3 is 177 Å². The minimum atomic E-state index is -6.00. The van der Waals surface area contributed by atoms with Gasteiger partial charge in [-0.3, -0.25) is 34.7 Å². The summed E-state index contributed by atoms with van der Waals surface area (Å²) in [5.41, 5.74) is -1.21. The Morgan fingerprint density at radius 2 is 0.703 bits per heavy atom. The number of carbonyl (C=O) groups excluding carboxylic acids is 2. The topological polar surface area (TPSA) is 516 Å². The van der Waals surface area contributed by atoms with Crippen LogP contribution in [0.5, 0.6) is 0 Å². The zero-order chi connectivity index (χ0) is 44.4. The van der Waals surface area contributed by atoms with Gasteiger partial charge in [-0.05, 0) is 24.3 Å². The summed E-state index contributed by atoms with van der Waals surface area (Å²) in [6.45, 7) is -3.19. The maximum absolute atomic E-state index is 13.1. The molecule has 3 rings (SSSR count). The van der Waals surface area contributed by atoms with Crippen LogP contribution in [0.25, 0.3) is 0 Å². The monoisotopic (exact) mass is 1100 g/mol. The predicted molar refractivity (Wildman–Crippen MR) is 160 cm³/mol. The van der Waals surface area contributed by atoms with Crippen LogP contribution < -0.4 is 188 Å². The number of carbonyl (C=O) groups is 2. The molecule has 1 aromatic rings.